The van der Waals surface area contributed by atoms with Crippen LogP contribution in [-0.4, -0.2) is 20.9 Å². The zero-order valence-corrected chi connectivity index (χ0v) is 15.2. The summed E-state index contributed by atoms with van der Waals surface area (Å²) in [7, 11) is -1.83. The average Bonchev–Trinajstić information content (AvgIpc) is 2.34. The molecule has 1 aromatic rings. The Labute approximate surface area is 129 Å². The van der Waals surface area contributed by atoms with E-state index in [1.807, 2.05) is 18.2 Å². The molecule has 0 spiro atoms. The lowest BCUT2D eigenvalue weighted by Crippen LogP contribution is -2.44. The Kier molecular flexibility index (Phi) is 6.02. The molecule has 0 aliphatic heterocycles. The predicted octanol–water partition coefficient (Wildman–Crippen LogP) is 4.57. The minimum absolute atomic E-state index is 0.178. The molecule has 4 heteroatoms. The van der Waals surface area contributed by atoms with Crippen LogP contribution in [0.5, 0.6) is 5.75 Å². The van der Waals surface area contributed by atoms with Gasteiger partial charge in [-0.15, -0.1) is 0 Å². The van der Waals surface area contributed by atoms with Crippen molar-refractivity contribution in [1.29, 1.82) is 0 Å². The molecule has 1 rings (SSSR count). The first-order chi connectivity index (χ1) is 9.63. The van der Waals surface area contributed by atoms with Crippen molar-refractivity contribution in [3.63, 3.8) is 0 Å². The molecule has 0 amide bonds. The van der Waals surface area contributed by atoms with Crippen LogP contribution in [-0.2, 0) is 16.0 Å². The molecule has 0 bridgehead atoms. The summed E-state index contributed by atoms with van der Waals surface area (Å²) in [6.45, 7) is 13.1. The molecule has 0 aliphatic carbocycles. The number of rotatable bonds is 6. The number of para-hydroxylation sites is 1. The van der Waals surface area contributed by atoms with Gasteiger partial charge < -0.3 is 9.16 Å². The summed E-state index contributed by atoms with van der Waals surface area (Å²) in [6, 6.07) is 8.18. The van der Waals surface area contributed by atoms with Gasteiger partial charge in [-0.2, -0.15) is 0 Å². The maximum Gasteiger partial charge on any atom is 0.302 e. The number of benzene rings is 1. The molecule has 3 nitrogen and oxygen atoms in total. The van der Waals surface area contributed by atoms with Crippen LogP contribution < -0.4 is 4.43 Å². The normalized spacial score (nSPS) is 12.1. The molecule has 0 unspecified atom stereocenters. The van der Waals surface area contributed by atoms with Crippen LogP contribution in [0.4, 0.5) is 0 Å². The number of ether oxygens (including phenoxy) is 1. The van der Waals surface area contributed by atoms with Gasteiger partial charge in [-0.25, -0.2) is 0 Å². The zero-order chi connectivity index (χ0) is 16.1. The smallest absolute Gasteiger partial charge is 0.302 e. The monoisotopic (exact) mass is 308 g/mol. The van der Waals surface area contributed by atoms with Crippen molar-refractivity contribution in [2.24, 2.45) is 0 Å². The van der Waals surface area contributed by atoms with Gasteiger partial charge in [0.05, 0.1) is 6.61 Å². The number of hydrogen-bond acceptors (Lipinski definition) is 3. The Morgan fingerprint density at radius 1 is 1.19 bits per heavy atom. The van der Waals surface area contributed by atoms with Gasteiger partial charge >= 0.3 is 5.97 Å². The van der Waals surface area contributed by atoms with Crippen LogP contribution >= 0.6 is 0 Å². The van der Waals surface area contributed by atoms with E-state index in [4.69, 9.17) is 9.16 Å². The topological polar surface area (TPSA) is 35.5 Å². The highest BCUT2D eigenvalue weighted by molar-refractivity contribution is 6.74. The van der Waals surface area contributed by atoms with Crippen LogP contribution in [0.15, 0.2) is 24.3 Å². The molecule has 0 aliphatic rings. The second-order valence-electron chi connectivity index (χ2n) is 6.91. The summed E-state index contributed by atoms with van der Waals surface area (Å²) in [4.78, 5) is 10.8. The third-order valence-corrected chi connectivity index (χ3v) is 8.38. The van der Waals surface area contributed by atoms with E-state index in [-0.39, 0.29) is 11.0 Å². The third-order valence-electron chi connectivity index (χ3n) is 4.04. The summed E-state index contributed by atoms with van der Waals surface area (Å²) in [6.07, 6.45) is 1.68. The van der Waals surface area contributed by atoms with Gasteiger partial charge in [0.1, 0.15) is 5.75 Å². The minimum atomic E-state index is -1.83. The molecule has 0 radical (unpaired) electrons. The first-order valence-electron chi connectivity index (χ1n) is 7.54. The number of hydrogen-bond donors (Lipinski definition) is 0. The lowest BCUT2D eigenvalue weighted by atomic mass is 10.1. The van der Waals surface area contributed by atoms with Gasteiger partial charge in [0.25, 0.3) is 0 Å². The molecule has 118 valence electrons. The van der Waals surface area contributed by atoms with Gasteiger partial charge in [0.15, 0.2) is 0 Å². The highest BCUT2D eigenvalue weighted by atomic mass is 28.4. The fraction of sp³-hybridized carbons (Fsp3) is 0.588. The van der Waals surface area contributed by atoms with E-state index in [0.29, 0.717) is 6.61 Å². The Hall–Kier alpha value is -1.29. The summed E-state index contributed by atoms with van der Waals surface area (Å²) >= 11 is 0. The minimum Gasteiger partial charge on any atom is -0.543 e. The molecule has 0 saturated carbocycles. The average molecular weight is 308 g/mol. The van der Waals surface area contributed by atoms with Crippen LogP contribution in [0.3, 0.4) is 0 Å². The number of carbonyl (C=O) groups is 1. The molecule has 0 atom stereocenters. The highest BCUT2D eigenvalue weighted by Crippen LogP contribution is 2.38. The molecule has 0 heterocycles. The van der Waals surface area contributed by atoms with Gasteiger partial charge in [-0.05, 0) is 42.6 Å². The molecule has 21 heavy (non-hydrogen) atoms. The van der Waals surface area contributed by atoms with Crippen molar-refractivity contribution < 1.29 is 14.0 Å². The second kappa shape index (κ2) is 7.12. The van der Waals surface area contributed by atoms with E-state index < -0.39 is 8.32 Å². The number of esters is 1. The molecule has 0 saturated heterocycles. The van der Waals surface area contributed by atoms with Crippen molar-refractivity contribution in [2.45, 2.75) is 58.7 Å². The summed E-state index contributed by atoms with van der Waals surface area (Å²) in [5.41, 5.74) is 1.19. The van der Waals surface area contributed by atoms with Crippen LogP contribution in [0.25, 0.3) is 0 Å². The summed E-state index contributed by atoms with van der Waals surface area (Å²) < 4.78 is 11.4. The van der Waals surface area contributed by atoms with Crippen molar-refractivity contribution in [3.05, 3.63) is 29.8 Å². The van der Waals surface area contributed by atoms with E-state index in [2.05, 4.69) is 39.9 Å². The molecule has 0 fully saturated rings. The maximum absolute atomic E-state index is 10.8. The maximum atomic E-state index is 10.8. The van der Waals surface area contributed by atoms with Crippen molar-refractivity contribution >= 4 is 14.3 Å². The van der Waals surface area contributed by atoms with Crippen LogP contribution in [0.2, 0.25) is 18.1 Å². The van der Waals surface area contributed by atoms with Gasteiger partial charge in [0, 0.05) is 6.92 Å². The fourth-order valence-electron chi connectivity index (χ4n) is 1.72. The van der Waals surface area contributed by atoms with Crippen LogP contribution in [0, 0.1) is 0 Å². The molecular formula is C17H28O3Si. The zero-order valence-electron chi connectivity index (χ0n) is 14.2. The molecule has 0 aromatic heterocycles. The van der Waals surface area contributed by atoms with E-state index in [1.165, 1.54) is 12.5 Å². The fourth-order valence-corrected chi connectivity index (χ4v) is 2.77. The van der Waals surface area contributed by atoms with Crippen molar-refractivity contribution in [1.82, 2.24) is 0 Å². The first-order valence-corrected chi connectivity index (χ1v) is 10.4. The van der Waals surface area contributed by atoms with Crippen molar-refractivity contribution in [3.8, 4) is 5.75 Å². The van der Waals surface area contributed by atoms with E-state index in [9.17, 15) is 4.79 Å². The Bertz CT molecular complexity index is 475. The Morgan fingerprint density at radius 3 is 2.38 bits per heavy atom. The lowest BCUT2D eigenvalue weighted by Gasteiger charge is -2.37. The largest absolute Gasteiger partial charge is 0.543 e. The van der Waals surface area contributed by atoms with E-state index in [0.717, 1.165) is 18.6 Å². The third kappa shape index (κ3) is 5.54. The van der Waals surface area contributed by atoms with Crippen molar-refractivity contribution in [2.75, 3.05) is 6.61 Å². The van der Waals surface area contributed by atoms with E-state index >= 15 is 0 Å². The standard InChI is InChI=1S/C17H28O3Si/c1-14(18)19-13-9-11-15-10-7-8-12-16(15)20-21(5,6)17(2,3)4/h7-8,10,12H,9,11,13H2,1-6H3. The molecular weight excluding hydrogens is 280 g/mol. The molecule has 0 N–H and O–H groups in total. The SMILES string of the molecule is CC(=O)OCCCc1ccccc1O[Si](C)(C)C(C)(C)C. The predicted molar refractivity (Wildman–Crippen MR) is 89.2 cm³/mol. The molecule has 1 aromatic carbocycles. The first kappa shape index (κ1) is 17.8. The van der Waals surface area contributed by atoms with Gasteiger partial charge in [0.2, 0.25) is 8.32 Å². The van der Waals surface area contributed by atoms with Gasteiger partial charge in [-0.3, -0.25) is 4.79 Å². The Morgan fingerprint density at radius 2 is 1.81 bits per heavy atom. The summed E-state index contributed by atoms with van der Waals surface area (Å²) in [5, 5.41) is 0.178. The number of carbonyl (C=O) groups excluding carboxylic acids is 1. The van der Waals surface area contributed by atoms with Crippen LogP contribution in [0.1, 0.15) is 39.7 Å². The lowest BCUT2D eigenvalue weighted by molar-refractivity contribution is -0.141. The second-order valence-corrected chi connectivity index (χ2v) is 11.6. The highest BCUT2D eigenvalue weighted by Gasteiger charge is 2.39. The quantitative estimate of drug-likeness (QED) is 0.439. The number of aryl methyl sites for hydroxylation is 1. The van der Waals surface area contributed by atoms with E-state index in [1.54, 1.807) is 0 Å². The van der Waals surface area contributed by atoms with Gasteiger partial charge in [-0.1, -0.05) is 39.0 Å². The summed E-state index contributed by atoms with van der Waals surface area (Å²) in [5.74, 6) is 0.757. The Balaban J connectivity index is 2.73.